The molecule has 0 unspecified atom stereocenters. The van der Waals surface area contributed by atoms with Crippen molar-refractivity contribution < 1.29 is 9.53 Å². The van der Waals surface area contributed by atoms with Crippen molar-refractivity contribution in [3.63, 3.8) is 0 Å². The van der Waals surface area contributed by atoms with Gasteiger partial charge in [0.15, 0.2) is 12.6 Å². The van der Waals surface area contributed by atoms with Crippen LogP contribution in [-0.4, -0.2) is 44.7 Å². The number of amides is 1. The molecule has 1 amide bonds. The van der Waals surface area contributed by atoms with Crippen LogP contribution in [0.5, 0.6) is 5.75 Å². The SMILES string of the molecule is CCNC(=NCCCN1C(=O)COc2ccccc21)NCC. The van der Waals surface area contributed by atoms with E-state index in [2.05, 4.69) is 15.6 Å². The highest BCUT2D eigenvalue weighted by Gasteiger charge is 2.24. The van der Waals surface area contributed by atoms with Gasteiger partial charge in [-0.2, -0.15) is 0 Å². The van der Waals surface area contributed by atoms with Gasteiger partial charge in [-0.15, -0.1) is 0 Å². The normalized spacial score (nSPS) is 13.2. The Hall–Kier alpha value is -2.24. The van der Waals surface area contributed by atoms with Crippen LogP contribution in [0.4, 0.5) is 5.69 Å². The van der Waals surface area contributed by atoms with E-state index in [9.17, 15) is 4.79 Å². The van der Waals surface area contributed by atoms with Crippen LogP contribution in [-0.2, 0) is 4.79 Å². The van der Waals surface area contributed by atoms with Crippen LogP contribution in [0.15, 0.2) is 29.3 Å². The average Bonchev–Trinajstić information content (AvgIpc) is 2.53. The number of ether oxygens (including phenoxy) is 1. The van der Waals surface area contributed by atoms with E-state index in [1.807, 2.05) is 38.1 Å². The van der Waals surface area contributed by atoms with Gasteiger partial charge in [0.2, 0.25) is 0 Å². The quantitative estimate of drug-likeness (QED) is 0.473. The number of aliphatic imine (C=N–C) groups is 1. The summed E-state index contributed by atoms with van der Waals surface area (Å²) in [6.07, 6.45) is 0.806. The number of hydrogen-bond donors (Lipinski definition) is 2. The summed E-state index contributed by atoms with van der Waals surface area (Å²) in [6.45, 7) is 7.17. The van der Waals surface area contributed by atoms with E-state index < -0.39 is 0 Å². The minimum absolute atomic E-state index is 0.00118. The summed E-state index contributed by atoms with van der Waals surface area (Å²) in [6, 6.07) is 7.64. The summed E-state index contributed by atoms with van der Waals surface area (Å²) in [5.41, 5.74) is 0.848. The first-order chi connectivity index (χ1) is 10.8. The van der Waals surface area contributed by atoms with Crippen LogP contribution in [0.2, 0.25) is 0 Å². The molecule has 1 heterocycles. The van der Waals surface area contributed by atoms with Gasteiger partial charge in [0.1, 0.15) is 5.75 Å². The number of carbonyl (C=O) groups excluding carboxylic acids is 1. The van der Waals surface area contributed by atoms with Crippen molar-refractivity contribution in [2.75, 3.05) is 37.7 Å². The summed E-state index contributed by atoms with van der Waals surface area (Å²) < 4.78 is 5.44. The Bertz CT molecular complexity index is 523. The summed E-state index contributed by atoms with van der Waals surface area (Å²) >= 11 is 0. The molecule has 1 aromatic rings. The van der Waals surface area contributed by atoms with E-state index in [0.717, 1.165) is 36.9 Å². The predicted octanol–water partition coefficient (Wildman–Crippen LogP) is 1.38. The van der Waals surface area contributed by atoms with Crippen molar-refractivity contribution in [2.45, 2.75) is 20.3 Å². The minimum Gasteiger partial charge on any atom is -0.482 e. The molecule has 1 aliphatic heterocycles. The van der Waals surface area contributed by atoms with Gasteiger partial charge in [-0.25, -0.2) is 0 Å². The first-order valence-electron chi connectivity index (χ1n) is 7.80. The highest BCUT2D eigenvalue weighted by Crippen LogP contribution is 2.31. The van der Waals surface area contributed by atoms with Crippen LogP contribution >= 0.6 is 0 Å². The van der Waals surface area contributed by atoms with Crippen molar-refractivity contribution >= 4 is 17.6 Å². The lowest BCUT2D eigenvalue weighted by Gasteiger charge is -2.29. The lowest BCUT2D eigenvalue weighted by atomic mass is 10.2. The summed E-state index contributed by atoms with van der Waals surface area (Å²) in [7, 11) is 0. The predicted molar refractivity (Wildman–Crippen MR) is 88.6 cm³/mol. The standard InChI is InChI=1S/C16H24N4O2/c1-3-17-16(18-4-2)19-10-7-11-20-13-8-5-6-9-14(13)22-12-15(20)21/h5-6,8-9H,3-4,7,10-12H2,1-2H3,(H2,17,18,19). The Morgan fingerprint density at radius 1 is 1.27 bits per heavy atom. The minimum atomic E-state index is 0.00118. The van der Waals surface area contributed by atoms with Gasteiger partial charge in [-0.05, 0) is 32.4 Å². The number of guanidine groups is 1. The molecule has 1 aliphatic rings. The Kier molecular flexibility index (Phi) is 6.06. The largest absolute Gasteiger partial charge is 0.482 e. The van der Waals surface area contributed by atoms with Gasteiger partial charge in [-0.3, -0.25) is 9.79 Å². The van der Waals surface area contributed by atoms with E-state index in [0.29, 0.717) is 13.1 Å². The Labute approximate surface area is 131 Å². The molecule has 1 aromatic carbocycles. The van der Waals surface area contributed by atoms with Gasteiger partial charge >= 0.3 is 0 Å². The van der Waals surface area contributed by atoms with E-state index in [1.54, 1.807) is 4.90 Å². The highest BCUT2D eigenvalue weighted by molar-refractivity contribution is 5.97. The molecule has 22 heavy (non-hydrogen) atoms. The van der Waals surface area contributed by atoms with Crippen molar-refractivity contribution in [1.29, 1.82) is 0 Å². The average molecular weight is 304 g/mol. The fourth-order valence-corrected chi connectivity index (χ4v) is 2.33. The zero-order valence-corrected chi connectivity index (χ0v) is 13.3. The van der Waals surface area contributed by atoms with Crippen LogP contribution in [0.3, 0.4) is 0 Å². The first kappa shape index (κ1) is 16.1. The molecular formula is C16H24N4O2. The lowest BCUT2D eigenvalue weighted by molar-refractivity contribution is -0.121. The topological polar surface area (TPSA) is 66.0 Å². The van der Waals surface area contributed by atoms with E-state index in [4.69, 9.17) is 4.74 Å². The van der Waals surface area contributed by atoms with Gasteiger partial charge in [0.05, 0.1) is 5.69 Å². The second-order valence-corrected chi connectivity index (χ2v) is 4.95. The Morgan fingerprint density at radius 2 is 2.00 bits per heavy atom. The molecule has 0 atom stereocenters. The van der Waals surface area contributed by atoms with Crippen LogP contribution in [0, 0.1) is 0 Å². The third kappa shape index (κ3) is 4.13. The summed E-state index contributed by atoms with van der Waals surface area (Å²) in [4.78, 5) is 18.3. The number of hydrogen-bond acceptors (Lipinski definition) is 3. The molecule has 0 radical (unpaired) electrons. The van der Waals surface area contributed by atoms with Crippen LogP contribution < -0.4 is 20.3 Å². The number of benzene rings is 1. The fraction of sp³-hybridized carbons (Fsp3) is 0.500. The van der Waals surface area contributed by atoms with Crippen LogP contribution in [0.25, 0.3) is 0 Å². The van der Waals surface area contributed by atoms with Crippen molar-refractivity contribution in [2.24, 2.45) is 4.99 Å². The second-order valence-electron chi connectivity index (χ2n) is 4.95. The molecule has 0 saturated heterocycles. The van der Waals surface area contributed by atoms with Crippen molar-refractivity contribution in [1.82, 2.24) is 10.6 Å². The number of fused-ring (bicyclic) bond motifs is 1. The molecule has 0 fully saturated rings. The van der Waals surface area contributed by atoms with E-state index >= 15 is 0 Å². The number of carbonyl (C=O) groups is 1. The number of anilines is 1. The van der Waals surface area contributed by atoms with Gasteiger partial charge in [-0.1, -0.05) is 12.1 Å². The molecule has 2 rings (SSSR count). The summed E-state index contributed by atoms with van der Waals surface area (Å²) in [5, 5.41) is 6.37. The zero-order valence-electron chi connectivity index (χ0n) is 13.3. The maximum Gasteiger partial charge on any atom is 0.265 e. The smallest absolute Gasteiger partial charge is 0.265 e. The molecule has 0 aromatic heterocycles. The second kappa shape index (κ2) is 8.26. The van der Waals surface area contributed by atoms with Gasteiger partial charge in [0, 0.05) is 26.2 Å². The van der Waals surface area contributed by atoms with E-state index in [1.165, 1.54) is 0 Å². The molecule has 0 bridgehead atoms. The number of nitrogens with zero attached hydrogens (tertiary/aromatic N) is 2. The first-order valence-corrected chi connectivity index (χ1v) is 7.80. The lowest BCUT2D eigenvalue weighted by Crippen LogP contribution is -2.40. The van der Waals surface area contributed by atoms with Gasteiger partial charge in [0.25, 0.3) is 5.91 Å². The third-order valence-electron chi connectivity index (χ3n) is 3.31. The molecule has 6 heteroatoms. The molecule has 0 saturated carbocycles. The highest BCUT2D eigenvalue weighted by atomic mass is 16.5. The van der Waals surface area contributed by atoms with Crippen molar-refractivity contribution in [3.8, 4) is 5.75 Å². The fourth-order valence-electron chi connectivity index (χ4n) is 2.33. The van der Waals surface area contributed by atoms with E-state index in [-0.39, 0.29) is 12.5 Å². The maximum atomic E-state index is 12.0. The molecule has 0 spiro atoms. The Balaban J connectivity index is 1.91. The monoisotopic (exact) mass is 304 g/mol. The molecule has 6 nitrogen and oxygen atoms in total. The summed E-state index contributed by atoms with van der Waals surface area (Å²) in [5.74, 6) is 1.59. The number of para-hydroxylation sites is 2. The third-order valence-corrected chi connectivity index (χ3v) is 3.31. The van der Waals surface area contributed by atoms with Crippen molar-refractivity contribution in [3.05, 3.63) is 24.3 Å². The Morgan fingerprint density at radius 3 is 2.73 bits per heavy atom. The van der Waals surface area contributed by atoms with Gasteiger partial charge < -0.3 is 20.3 Å². The molecule has 120 valence electrons. The number of nitrogens with one attached hydrogen (secondary N) is 2. The maximum absolute atomic E-state index is 12.0. The molecule has 2 N–H and O–H groups in total. The zero-order chi connectivity index (χ0) is 15.8. The van der Waals surface area contributed by atoms with Crippen LogP contribution in [0.1, 0.15) is 20.3 Å². The molecule has 0 aliphatic carbocycles. The molecular weight excluding hydrogens is 280 g/mol. The number of rotatable bonds is 6.